The van der Waals surface area contributed by atoms with Gasteiger partial charge in [0, 0.05) is 25.9 Å². The summed E-state index contributed by atoms with van der Waals surface area (Å²) in [6, 6.07) is 8.43. The minimum atomic E-state index is -0.795. The molecular weight excluding hydrogens is 278 g/mol. The molecule has 1 aromatic rings. The van der Waals surface area contributed by atoms with Crippen LogP contribution in [-0.4, -0.2) is 35.0 Å². The Morgan fingerprint density at radius 3 is 2.64 bits per heavy atom. The molecule has 0 spiro atoms. The van der Waals surface area contributed by atoms with Crippen molar-refractivity contribution in [1.29, 1.82) is 0 Å². The van der Waals surface area contributed by atoms with Gasteiger partial charge in [-0.1, -0.05) is 35.9 Å². The predicted molar refractivity (Wildman–Crippen MR) is 86.5 cm³/mol. The van der Waals surface area contributed by atoms with Crippen LogP contribution in [0.25, 0.3) is 5.57 Å². The van der Waals surface area contributed by atoms with Gasteiger partial charge in [0.2, 0.25) is 5.91 Å². The van der Waals surface area contributed by atoms with Gasteiger partial charge in [0.05, 0.1) is 0 Å². The van der Waals surface area contributed by atoms with Crippen LogP contribution in [0.2, 0.25) is 0 Å². The first-order chi connectivity index (χ1) is 10.6. The Morgan fingerprint density at radius 1 is 1.23 bits per heavy atom. The van der Waals surface area contributed by atoms with Crippen LogP contribution in [0.1, 0.15) is 43.2 Å². The van der Waals surface area contributed by atoms with Crippen molar-refractivity contribution in [3.8, 4) is 0 Å². The van der Waals surface area contributed by atoms with Gasteiger partial charge < -0.3 is 10.0 Å². The second-order valence-corrected chi connectivity index (χ2v) is 5.79. The fourth-order valence-electron chi connectivity index (χ4n) is 2.71. The van der Waals surface area contributed by atoms with E-state index in [-0.39, 0.29) is 12.3 Å². The summed E-state index contributed by atoms with van der Waals surface area (Å²) in [5, 5.41) is 8.58. The van der Waals surface area contributed by atoms with Crippen molar-refractivity contribution in [1.82, 2.24) is 4.90 Å². The number of amides is 1. The number of nitrogens with zero attached hydrogens (tertiary/aromatic N) is 1. The number of carbonyl (C=O) groups is 2. The molecule has 22 heavy (non-hydrogen) atoms. The number of carboxylic acids is 1. The lowest BCUT2D eigenvalue weighted by Gasteiger charge is -2.27. The second-order valence-electron chi connectivity index (χ2n) is 5.79. The summed E-state index contributed by atoms with van der Waals surface area (Å²) in [6.45, 7) is 3.48. The van der Waals surface area contributed by atoms with Crippen LogP contribution in [-0.2, 0) is 9.59 Å². The van der Waals surface area contributed by atoms with Crippen molar-refractivity contribution in [2.75, 3.05) is 13.1 Å². The van der Waals surface area contributed by atoms with Crippen LogP contribution >= 0.6 is 0 Å². The van der Waals surface area contributed by atoms with E-state index in [0.717, 1.165) is 13.0 Å². The molecule has 0 radical (unpaired) electrons. The number of unbranched alkanes of at least 4 members (excludes halogenated alkanes) is 1. The molecule has 1 aliphatic rings. The summed E-state index contributed by atoms with van der Waals surface area (Å²) in [7, 11) is 0. The number of carboxylic acid groups (broad SMARTS) is 1. The zero-order valence-electron chi connectivity index (χ0n) is 13.0. The van der Waals surface area contributed by atoms with E-state index in [4.69, 9.17) is 5.11 Å². The van der Waals surface area contributed by atoms with E-state index >= 15 is 0 Å². The average molecular weight is 301 g/mol. The zero-order valence-corrected chi connectivity index (χ0v) is 13.0. The summed E-state index contributed by atoms with van der Waals surface area (Å²) in [5.41, 5.74) is 3.79. The summed E-state index contributed by atoms with van der Waals surface area (Å²) in [5.74, 6) is -0.666. The average Bonchev–Trinajstić information content (AvgIpc) is 2.51. The Kier molecular flexibility index (Phi) is 5.75. The molecule has 0 unspecified atom stereocenters. The van der Waals surface area contributed by atoms with E-state index in [1.54, 1.807) is 0 Å². The van der Waals surface area contributed by atoms with E-state index in [1.807, 2.05) is 4.90 Å². The molecular formula is C18H23NO3. The number of aryl methyl sites for hydroxylation is 1. The molecule has 1 aliphatic heterocycles. The van der Waals surface area contributed by atoms with E-state index < -0.39 is 5.97 Å². The first-order valence-corrected chi connectivity index (χ1v) is 7.82. The molecule has 4 heteroatoms. The van der Waals surface area contributed by atoms with Gasteiger partial charge in [-0.3, -0.25) is 9.59 Å². The zero-order chi connectivity index (χ0) is 15.9. The molecule has 0 atom stereocenters. The molecule has 0 saturated carbocycles. The first-order valence-electron chi connectivity index (χ1n) is 7.82. The highest BCUT2D eigenvalue weighted by molar-refractivity contribution is 5.78. The maximum absolute atomic E-state index is 12.1. The largest absolute Gasteiger partial charge is 0.481 e. The van der Waals surface area contributed by atoms with Gasteiger partial charge in [-0.2, -0.15) is 0 Å². The van der Waals surface area contributed by atoms with E-state index in [2.05, 4.69) is 37.3 Å². The third-order valence-electron chi connectivity index (χ3n) is 3.98. The second kappa shape index (κ2) is 7.78. The minimum absolute atomic E-state index is 0.130. The maximum Gasteiger partial charge on any atom is 0.303 e. The Bertz CT molecular complexity index is 577. The molecule has 1 N–H and O–H groups in total. The Hall–Kier alpha value is -2.10. The topological polar surface area (TPSA) is 57.6 Å². The maximum atomic E-state index is 12.1. The summed E-state index contributed by atoms with van der Waals surface area (Å²) >= 11 is 0. The van der Waals surface area contributed by atoms with Crippen molar-refractivity contribution in [3.05, 3.63) is 41.5 Å². The lowest BCUT2D eigenvalue weighted by Crippen LogP contribution is -2.34. The smallest absolute Gasteiger partial charge is 0.303 e. The van der Waals surface area contributed by atoms with E-state index in [9.17, 15) is 9.59 Å². The Morgan fingerprint density at radius 2 is 2.00 bits per heavy atom. The van der Waals surface area contributed by atoms with Crippen molar-refractivity contribution < 1.29 is 14.7 Å². The molecule has 0 aromatic heterocycles. The number of hydrogen-bond donors (Lipinski definition) is 1. The van der Waals surface area contributed by atoms with Crippen molar-refractivity contribution >= 4 is 17.4 Å². The Balaban J connectivity index is 1.83. The van der Waals surface area contributed by atoms with Crippen molar-refractivity contribution in [2.24, 2.45) is 0 Å². The SMILES string of the molecule is Cc1cccc(C2=CCN(C(=O)CCCCC(=O)O)CC2)c1. The number of aliphatic carboxylic acids is 1. The van der Waals surface area contributed by atoms with E-state index in [0.29, 0.717) is 25.8 Å². The third-order valence-corrected chi connectivity index (χ3v) is 3.98. The molecule has 1 heterocycles. The quantitative estimate of drug-likeness (QED) is 0.821. The first kappa shape index (κ1) is 16.3. The van der Waals surface area contributed by atoms with Gasteiger partial charge in [-0.15, -0.1) is 0 Å². The van der Waals surface area contributed by atoms with Crippen LogP contribution in [0.4, 0.5) is 0 Å². The molecule has 0 fully saturated rings. The van der Waals surface area contributed by atoms with Gasteiger partial charge >= 0.3 is 5.97 Å². The van der Waals surface area contributed by atoms with Crippen LogP contribution < -0.4 is 0 Å². The molecule has 0 saturated heterocycles. The molecule has 1 aromatic carbocycles. The monoisotopic (exact) mass is 301 g/mol. The lowest BCUT2D eigenvalue weighted by molar-refractivity contribution is -0.137. The van der Waals surface area contributed by atoms with Crippen LogP contribution in [0.5, 0.6) is 0 Å². The number of carbonyl (C=O) groups excluding carboxylic acids is 1. The number of hydrogen-bond acceptors (Lipinski definition) is 2. The van der Waals surface area contributed by atoms with Crippen molar-refractivity contribution in [2.45, 2.75) is 39.0 Å². The van der Waals surface area contributed by atoms with Crippen LogP contribution in [0.3, 0.4) is 0 Å². The molecule has 1 amide bonds. The van der Waals surface area contributed by atoms with E-state index in [1.165, 1.54) is 16.7 Å². The fourth-order valence-corrected chi connectivity index (χ4v) is 2.71. The Labute approximate surface area is 131 Å². The van der Waals surface area contributed by atoms with Crippen LogP contribution in [0, 0.1) is 6.92 Å². The molecule has 0 bridgehead atoms. The molecule has 118 valence electrons. The minimum Gasteiger partial charge on any atom is -0.481 e. The predicted octanol–water partition coefficient (Wildman–Crippen LogP) is 3.26. The summed E-state index contributed by atoms with van der Waals surface area (Å²) in [6.07, 6.45) is 4.82. The lowest BCUT2D eigenvalue weighted by atomic mass is 9.98. The number of rotatable bonds is 6. The molecule has 0 aliphatic carbocycles. The highest BCUT2D eigenvalue weighted by Crippen LogP contribution is 2.23. The van der Waals surface area contributed by atoms with Gasteiger partial charge in [0.25, 0.3) is 0 Å². The summed E-state index contributed by atoms with van der Waals surface area (Å²) < 4.78 is 0. The molecule has 4 nitrogen and oxygen atoms in total. The van der Waals surface area contributed by atoms with Gasteiger partial charge in [0.1, 0.15) is 0 Å². The normalized spacial score (nSPS) is 14.6. The third kappa shape index (κ3) is 4.72. The standard InChI is InChI=1S/C18H23NO3/c1-14-5-4-6-16(13-14)15-9-11-19(12-10-15)17(20)7-2-3-8-18(21)22/h4-6,9,13H,2-3,7-8,10-12H2,1H3,(H,21,22). The summed E-state index contributed by atoms with van der Waals surface area (Å²) in [4.78, 5) is 24.4. The highest BCUT2D eigenvalue weighted by atomic mass is 16.4. The highest BCUT2D eigenvalue weighted by Gasteiger charge is 2.17. The van der Waals surface area contributed by atoms with Gasteiger partial charge in [0.15, 0.2) is 0 Å². The van der Waals surface area contributed by atoms with Crippen molar-refractivity contribution in [3.63, 3.8) is 0 Å². The number of benzene rings is 1. The molecule has 2 rings (SSSR count). The van der Waals surface area contributed by atoms with Gasteiger partial charge in [-0.25, -0.2) is 0 Å². The van der Waals surface area contributed by atoms with Crippen LogP contribution in [0.15, 0.2) is 30.3 Å². The fraction of sp³-hybridized carbons (Fsp3) is 0.444. The van der Waals surface area contributed by atoms with Gasteiger partial charge in [-0.05, 0) is 37.3 Å².